The highest BCUT2D eigenvalue weighted by Crippen LogP contribution is 2.40. The lowest BCUT2D eigenvalue weighted by molar-refractivity contribution is 0.585. The predicted molar refractivity (Wildman–Crippen MR) is 107 cm³/mol. The Bertz CT molecular complexity index is 722. The van der Waals surface area contributed by atoms with Crippen LogP contribution in [0.25, 0.3) is 0 Å². The topological polar surface area (TPSA) is 36.4 Å². The summed E-state index contributed by atoms with van der Waals surface area (Å²) in [7, 11) is 0. The smallest absolute Gasteiger partial charge is 0.191 e. The van der Waals surface area contributed by atoms with E-state index >= 15 is 0 Å². The van der Waals surface area contributed by atoms with Crippen LogP contribution in [0.5, 0.6) is 0 Å². The molecule has 0 aliphatic heterocycles. The van der Waals surface area contributed by atoms with Gasteiger partial charge in [0.2, 0.25) is 0 Å². The molecule has 2 unspecified atom stereocenters. The number of hydrogen-bond acceptors (Lipinski definition) is 1. The van der Waals surface area contributed by atoms with Crippen molar-refractivity contribution in [3.63, 3.8) is 0 Å². The highest BCUT2D eigenvalue weighted by Gasteiger charge is 2.38. The first kappa shape index (κ1) is 19.6. The van der Waals surface area contributed by atoms with Crippen molar-refractivity contribution in [1.82, 2.24) is 10.6 Å². The van der Waals surface area contributed by atoms with Gasteiger partial charge in [0.15, 0.2) is 5.96 Å². The maximum Gasteiger partial charge on any atom is 0.191 e. The third-order valence-corrected chi connectivity index (χ3v) is 4.10. The van der Waals surface area contributed by atoms with E-state index in [1.807, 2.05) is 25.1 Å². The zero-order valence-corrected chi connectivity index (χ0v) is 16.3. The van der Waals surface area contributed by atoms with Crippen LogP contribution in [0.15, 0.2) is 53.5 Å². The van der Waals surface area contributed by atoms with Gasteiger partial charge in [-0.1, -0.05) is 30.3 Å². The molecule has 0 amide bonds. The Morgan fingerprint density at radius 3 is 2.64 bits per heavy atom. The van der Waals surface area contributed by atoms with Crippen molar-refractivity contribution in [3.8, 4) is 0 Å². The van der Waals surface area contributed by atoms with Gasteiger partial charge >= 0.3 is 0 Å². The van der Waals surface area contributed by atoms with Crippen molar-refractivity contribution < 1.29 is 8.78 Å². The van der Waals surface area contributed by atoms with Gasteiger partial charge in [-0.15, -0.1) is 24.0 Å². The number of aliphatic imine (C=N–C) groups is 1. The molecule has 1 aliphatic carbocycles. The molecule has 2 aromatic rings. The molecule has 0 bridgehead atoms. The van der Waals surface area contributed by atoms with Gasteiger partial charge in [0.1, 0.15) is 11.6 Å². The molecule has 0 spiro atoms. The first-order valence-electron chi connectivity index (χ1n) is 8.21. The summed E-state index contributed by atoms with van der Waals surface area (Å²) in [5.74, 6) is 0.209. The number of hydrogen-bond donors (Lipinski definition) is 2. The Kier molecular flexibility index (Phi) is 7.16. The summed E-state index contributed by atoms with van der Waals surface area (Å²) in [4.78, 5) is 4.38. The Morgan fingerprint density at radius 2 is 1.92 bits per heavy atom. The van der Waals surface area contributed by atoms with Crippen LogP contribution in [0.4, 0.5) is 8.78 Å². The summed E-state index contributed by atoms with van der Waals surface area (Å²) in [5, 5.41) is 6.52. The van der Waals surface area contributed by atoms with E-state index in [9.17, 15) is 8.78 Å². The van der Waals surface area contributed by atoms with Crippen molar-refractivity contribution in [1.29, 1.82) is 0 Å². The third-order valence-electron chi connectivity index (χ3n) is 4.10. The highest BCUT2D eigenvalue weighted by molar-refractivity contribution is 14.0. The average molecular weight is 457 g/mol. The third kappa shape index (κ3) is 5.39. The van der Waals surface area contributed by atoms with E-state index in [-0.39, 0.29) is 36.1 Å². The van der Waals surface area contributed by atoms with Gasteiger partial charge < -0.3 is 10.6 Å². The lowest BCUT2D eigenvalue weighted by Crippen LogP contribution is -2.39. The summed E-state index contributed by atoms with van der Waals surface area (Å²) < 4.78 is 26.9. The summed E-state index contributed by atoms with van der Waals surface area (Å²) in [6.45, 7) is 2.78. The average Bonchev–Trinajstić information content (AvgIpc) is 3.36. The molecule has 0 heterocycles. The van der Waals surface area contributed by atoms with E-state index in [0.717, 1.165) is 18.6 Å². The minimum atomic E-state index is -0.453. The minimum Gasteiger partial charge on any atom is -0.357 e. The van der Waals surface area contributed by atoms with Gasteiger partial charge in [0, 0.05) is 24.1 Å². The number of rotatable bonds is 5. The molecule has 2 aromatic carbocycles. The highest BCUT2D eigenvalue weighted by atomic mass is 127. The van der Waals surface area contributed by atoms with E-state index < -0.39 is 11.6 Å². The Morgan fingerprint density at radius 1 is 1.16 bits per heavy atom. The Hall–Kier alpha value is -1.70. The Balaban J connectivity index is 0.00000225. The van der Waals surface area contributed by atoms with Crippen LogP contribution in [0.3, 0.4) is 0 Å². The van der Waals surface area contributed by atoms with Crippen LogP contribution in [-0.4, -0.2) is 18.5 Å². The van der Waals surface area contributed by atoms with Crippen LogP contribution in [0, 0.1) is 11.6 Å². The molecule has 1 aliphatic rings. The summed E-state index contributed by atoms with van der Waals surface area (Å²) >= 11 is 0. The standard InChI is InChI=1S/C19H21F2N3.HI/c1-2-22-19(23-12-14-10-15(20)8-9-17(14)21)24-18-11-16(18)13-6-4-3-5-7-13;/h3-10,16,18H,2,11-12H2,1H3,(H2,22,23,24);1H. The number of guanidine groups is 1. The largest absolute Gasteiger partial charge is 0.357 e. The fourth-order valence-electron chi connectivity index (χ4n) is 2.75. The van der Waals surface area contributed by atoms with E-state index in [0.29, 0.717) is 24.5 Å². The van der Waals surface area contributed by atoms with Crippen molar-refractivity contribution in [3.05, 3.63) is 71.3 Å². The molecule has 3 rings (SSSR count). The zero-order valence-electron chi connectivity index (χ0n) is 14.0. The molecule has 0 aromatic heterocycles. The summed E-state index contributed by atoms with van der Waals surface area (Å²) in [6.07, 6.45) is 1.04. The summed E-state index contributed by atoms with van der Waals surface area (Å²) in [5.41, 5.74) is 1.56. The molecule has 1 saturated carbocycles. The van der Waals surface area contributed by atoms with Gasteiger partial charge in [0.05, 0.1) is 6.54 Å². The number of nitrogens with zero attached hydrogens (tertiary/aromatic N) is 1. The van der Waals surface area contributed by atoms with Crippen LogP contribution < -0.4 is 10.6 Å². The molecule has 2 atom stereocenters. The fraction of sp³-hybridized carbons (Fsp3) is 0.316. The van der Waals surface area contributed by atoms with Crippen molar-refractivity contribution in [2.24, 2.45) is 4.99 Å². The second kappa shape index (κ2) is 9.12. The zero-order chi connectivity index (χ0) is 16.9. The van der Waals surface area contributed by atoms with Crippen molar-refractivity contribution in [2.45, 2.75) is 31.8 Å². The molecule has 1 fully saturated rings. The normalized spacial score (nSPS) is 19.1. The fourth-order valence-corrected chi connectivity index (χ4v) is 2.75. The van der Waals surface area contributed by atoms with Crippen molar-refractivity contribution in [2.75, 3.05) is 6.54 Å². The lowest BCUT2D eigenvalue weighted by Gasteiger charge is -2.11. The molecular formula is C19H22F2IN3. The molecule has 134 valence electrons. The van der Waals surface area contributed by atoms with Gasteiger partial charge in [-0.05, 0) is 37.1 Å². The summed E-state index contributed by atoms with van der Waals surface area (Å²) in [6, 6.07) is 14.1. The number of benzene rings is 2. The molecule has 3 nitrogen and oxygen atoms in total. The quantitative estimate of drug-likeness (QED) is 0.402. The van der Waals surface area contributed by atoms with Gasteiger partial charge in [0.25, 0.3) is 0 Å². The minimum absolute atomic E-state index is 0. The lowest BCUT2D eigenvalue weighted by atomic mass is 10.1. The first-order valence-corrected chi connectivity index (χ1v) is 8.21. The molecule has 0 radical (unpaired) electrons. The van der Waals surface area contributed by atoms with Crippen LogP contribution in [0.1, 0.15) is 30.4 Å². The maximum atomic E-state index is 13.7. The number of halogens is 3. The second-order valence-electron chi connectivity index (χ2n) is 5.93. The predicted octanol–water partition coefficient (Wildman–Crippen LogP) is 4.19. The number of nitrogens with one attached hydrogen (secondary N) is 2. The Labute approximate surface area is 164 Å². The van der Waals surface area contributed by atoms with Crippen LogP contribution in [0.2, 0.25) is 0 Å². The molecule has 25 heavy (non-hydrogen) atoms. The molecule has 2 N–H and O–H groups in total. The van der Waals surface area contributed by atoms with Crippen molar-refractivity contribution >= 4 is 29.9 Å². The second-order valence-corrected chi connectivity index (χ2v) is 5.93. The van der Waals surface area contributed by atoms with Gasteiger partial charge in [-0.25, -0.2) is 13.8 Å². The van der Waals surface area contributed by atoms with E-state index in [4.69, 9.17) is 0 Å². The van der Waals surface area contributed by atoms with Crippen LogP contribution in [-0.2, 0) is 6.54 Å². The van der Waals surface area contributed by atoms with Gasteiger partial charge in [-0.3, -0.25) is 0 Å². The maximum absolute atomic E-state index is 13.7. The van der Waals surface area contributed by atoms with Gasteiger partial charge in [-0.2, -0.15) is 0 Å². The van der Waals surface area contributed by atoms with E-state index in [2.05, 4.69) is 27.8 Å². The SMILES string of the molecule is CCNC(=NCc1cc(F)ccc1F)NC1CC1c1ccccc1.I. The van der Waals surface area contributed by atoms with E-state index in [1.165, 1.54) is 11.6 Å². The first-order chi connectivity index (χ1) is 11.7. The van der Waals surface area contributed by atoms with E-state index in [1.54, 1.807) is 0 Å². The molecular weight excluding hydrogens is 435 g/mol. The molecule has 6 heteroatoms. The monoisotopic (exact) mass is 457 g/mol. The molecule has 0 saturated heterocycles. The van der Waals surface area contributed by atoms with Crippen LogP contribution >= 0.6 is 24.0 Å².